The number of ether oxygens (including phenoxy) is 1. The Kier molecular flexibility index (Phi) is 4.05. The van der Waals surface area contributed by atoms with Crippen LogP contribution in [0.1, 0.15) is 70.3 Å². The monoisotopic (exact) mass is 286 g/mol. The molecule has 0 radical (unpaired) electrons. The summed E-state index contributed by atoms with van der Waals surface area (Å²) in [6.07, 6.45) is 7.51. The van der Waals surface area contributed by atoms with Gasteiger partial charge in [-0.05, 0) is 36.8 Å². The minimum atomic E-state index is -0.152. The number of Topliss-reactive ketones (excluding diaryl/α,β-unsaturated/α-hetero) is 1. The summed E-state index contributed by atoms with van der Waals surface area (Å²) in [6, 6.07) is 8.35. The Morgan fingerprint density at radius 1 is 1.24 bits per heavy atom. The largest absolute Gasteiger partial charge is 0.489 e. The van der Waals surface area contributed by atoms with Crippen LogP contribution in [0, 0.1) is 5.41 Å². The molecule has 0 saturated heterocycles. The molecule has 2 atom stereocenters. The van der Waals surface area contributed by atoms with E-state index < -0.39 is 0 Å². The Balaban J connectivity index is 1.79. The smallest absolute Gasteiger partial charge is 0.146 e. The van der Waals surface area contributed by atoms with E-state index in [9.17, 15) is 4.79 Å². The van der Waals surface area contributed by atoms with Crippen molar-refractivity contribution in [2.75, 3.05) is 0 Å². The van der Waals surface area contributed by atoms with E-state index in [1.54, 1.807) is 0 Å². The highest BCUT2D eigenvalue weighted by atomic mass is 16.5. The number of carbonyl (C=O) groups excluding carboxylic acids is 1. The molecule has 1 aromatic carbocycles. The highest BCUT2D eigenvalue weighted by Gasteiger charge is 2.56. The molecule has 3 rings (SSSR count). The molecule has 2 saturated carbocycles. The summed E-state index contributed by atoms with van der Waals surface area (Å²) in [5.74, 6) is 1.93. The van der Waals surface area contributed by atoms with Crippen LogP contribution in [0.15, 0.2) is 24.3 Å². The summed E-state index contributed by atoms with van der Waals surface area (Å²) in [4.78, 5) is 12.2. The van der Waals surface area contributed by atoms with E-state index in [-0.39, 0.29) is 11.5 Å². The molecule has 1 spiro atoms. The van der Waals surface area contributed by atoms with Crippen LogP contribution < -0.4 is 4.74 Å². The van der Waals surface area contributed by atoms with E-state index in [4.69, 9.17) is 4.74 Å². The van der Waals surface area contributed by atoms with Crippen LogP contribution in [-0.4, -0.2) is 11.9 Å². The lowest BCUT2D eigenvalue weighted by Crippen LogP contribution is -2.57. The van der Waals surface area contributed by atoms with Gasteiger partial charge in [0.1, 0.15) is 17.6 Å². The second-order valence-corrected chi connectivity index (χ2v) is 6.80. The standard InChI is InChI=1S/C19H26O2/c1-3-14(2)15-9-5-6-10-16(15)21-18-13-17(20)19(18)11-7-4-8-12-19/h5-6,9-10,14,18H,3-4,7-8,11-13H2,1-2H3. The first-order valence-corrected chi connectivity index (χ1v) is 8.46. The lowest BCUT2D eigenvalue weighted by Gasteiger charge is -2.49. The van der Waals surface area contributed by atoms with E-state index in [1.807, 2.05) is 6.07 Å². The first-order chi connectivity index (χ1) is 10.2. The van der Waals surface area contributed by atoms with Gasteiger partial charge in [0.25, 0.3) is 0 Å². The van der Waals surface area contributed by atoms with Crippen LogP contribution in [0.2, 0.25) is 0 Å². The zero-order valence-electron chi connectivity index (χ0n) is 13.2. The van der Waals surface area contributed by atoms with E-state index in [0.717, 1.165) is 25.0 Å². The molecule has 0 aliphatic heterocycles. The van der Waals surface area contributed by atoms with Gasteiger partial charge < -0.3 is 4.74 Å². The SMILES string of the molecule is CCC(C)c1ccccc1OC1CC(=O)C12CCCCC2. The predicted molar refractivity (Wildman–Crippen MR) is 84.7 cm³/mol. The first kappa shape index (κ1) is 14.6. The van der Waals surface area contributed by atoms with Crippen molar-refractivity contribution in [3.8, 4) is 5.75 Å². The molecule has 114 valence electrons. The van der Waals surface area contributed by atoms with Crippen LogP contribution in [0.4, 0.5) is 0 Å². The summed E-state index contributed by atoms with van der Waals surface area (Å²) in [5.41, 5.74) is 1.13. The lowest BCUT2D eigenvalue weighted by molar-refractivity contribution is -0.156. The van der Waals surface area contributed by atoms with Crippen molar-refractivity contribution in [1.82, 2.24) is 0 Å². The van der Waals surface area contributed by atoms with Gasteiger partial charge in [-0.3, -0.25) is 4.79 Å². The van der Waals surface area contributed by atoms with Crippen LogP contribution in [-0.2, 0) is 4.79 Å². The van der Waals surface area contributed by atoms with Crippen molar-refractivity contribution in [3.63, 3.8) is 0 Å². The fraction of sp³-hybridized carbons (Fsp3) is 0.632. The molecule has 2 heteroatoms. The number of rotatable bonds is 4. The second kappa shape index (κ2) is 5.82. The van der Waals surface area contributed by atoms with Crippen molar-refractivity contribution in [1.29, 1.82) is 0 Å². The van der Waals surface area contributed by atoms with Gasteiger partial charge in [-0.15, -0.1) is 0 Å². The minimum Gasteiger partial charge on any atom is -0.489 e. The van der Waals surface area contributed by atoms with E-state index in [2.05, 4.69) is 32.0 Å². The van der Waals surface area contributed by atoms with Gasteiger partial charge in [0.2, 0.25) is 0 Å². The molecule has 0 heterocycles. The molecule has 0 bridgehead atoms. The van der Waals surface area contributed by atoms with E-state index >= 15 is 0 Å². The fourth-order valence-corrected chi connectivity index (χ4v) is 3.92. The molecule has 0 amide bonds. The van der Waals surface area contributed by atoms with Gasteiger partial charge in [0.05, 0.1) is 5.41 Å². The third kappa shape index (κ3) is 2.49. The number of para-hydroxylation sites is 1. The highest BCUT2D eigenvalue weighted by Crippen LogP contribution is 2.51. The lowest BCUT2D eigenvalue weighted by atomic mass is 9.57. The minimum absolute atomic E-state index is 0.107. The van der Waals surface area contributed by atoms with E-state index in [1.165, 1.54) is 24.8 Å². The van der Waals surface area contributed by atoms with Crippen molar-refractivity contribution in [3.05, 3.63) is 29.8 Å². The fourth-order valence-electron chi connectivity index (χ4n) is 3.92. The molecule has 2 fully saturated rings. The van der Waals surface area contributed by atoms with Crippen LogP contribution in [0.25, 0.3) is 0 Å². The van der Waals surface area contributed by atoms with Gasteiger partial charge in [0, 0.05) is 6.42 Å². The van der Waals surface area contributed by atoms with E-state index in [0.29, 0.717) is 18.1 Å². The zero-order chi connectivity index (χ0) is 14.9. The zero-order valence-corrected chi connectivity index (χ0v) is 13.2. The number of hydrogen-bond acceptors (Lipinski definition) is 2. The molecule has 21 heavy (non-hydrogen) atoms. The van der Waals surface area contributed by atoms with Gasteiger partial charge in [-0.2, -0.15) is 0 Å². The Hall–Kier alpha value is -1.31. The van der Waals surface area contributed by atoms with Crippen LogP contribution in [0.5, 0.6) is 5.75 Å². The highest BCUT2D eigenvalue weighted by molar-refractivity contribution is 5.92. The average molecular weight is 286 g/mol. The summed E-state index contributed by atoms with van der Waals surface area (Å²) in [7, 11) is 0. The molecular formula is C19H26O2. The molecule has 0 N–H and O–H groups in total. The Labute approximate surface area is 127 Å². The van der Waals surface area contributed by atoms with Gasteiger partial charge in [-0.1, -0.05) is 51.3 Å². The maximum Gasteiger partial charge on any atom is 0.146 e. The van der Waals surface area contributed by atoms with Crippen LogP contribution >= 0.6 is 0 Å². The maximum atomic E-state index is 12.2. The third-order valence-electron chi connectivity index (χ3n) is 5.62. The molecule has 2 aliphatic carbocycles. The Morgan fingerprint density at radius 2 is 1.95 bits per heavy atom. The number of benzene rings is 1. The molecule has 0 aromatic heterocycles. The average Bonchev–Trinajstić information content (AvgIpc) is 2.55. The Bertz CT molecular complexity index is 514. The molecule has 2 unspecified atom stereocenters. The predicted octanol–water partition coefficient (Wildman–Crippen LogP) is 4.87. The molecule has 2 nitrogen and oxygen atoms in total. The van der Waals surface area contributed by atoms with Crippen molar-refractivity contribution < 1.29 is 9.53 Å². The number of ketones is 1. The molecule has 1 aromatic rings. The Morgan fingerprint density at radius 3 is 2.62 bits per heavy atom. The first-order valence-electron chi connectivity index (χ1n) is 8.46. The second-order valence-electron chi connectivity index (χ2n) is 6.80. The number of carbonyl (C=O) groups is 1. The van der Waals surface area contributed by atoms with Crippen molar-refractivity contribution in [2.45, 2.75) is 70.8 Å². The summed E-state index contributed by atoms with van der Waals surface area (Å²) in [5, 5.41) is 0. The van der Waals surface area contributed by atoms with Crippen molar-refractivity contribution >= 4 is 5.78 Å². The summed E-state index contributed by atoms with van der Waals surface area (Å²) < 4.78 is 6.35. The van der Waals surface area contributed by atoms with Gasteiger partial charge in [0.15, 0.2) is 0 Å². The van der Waals surface area contributed by atoms with Gasteiger partial charge >= 0.3 is 0 Å². The summed E-state index contributed by atoms with van der Waals surface area (Å²) >= 11 is 0. The maximum absolute atomic E-state index is 12.2. The van der Waals surface area contributed by atoms with Crippen LogP contribution in [0.3, 0.4) is 0 Å². The third-order valence-corrected chi connectivity index (χ3v) is 5.62. The summed E-state index contributed by atoms with van der Waals surface area (Å²) in [6.45, 7) is 4.45. The normalized spacial score (nSPS) is 25.4. The molecular weight excluding hydrogens is 260 g/mol. The van der Waals surface area contributed by atoms with Gasteiger partial charge in [-0.25, -0.2) is 0 Å². The van der Waals surface area contributed by atoms with Crippen molar-refractivity contribution in [2.24, 2.45) is 5.41 Å². The number of hydrogen-bond donors (Lipinski definition) is 0. The molecule has 2 aliphatic rings. The topological polar surface area (TPSA) is 26.3 Å². The quantitative estimate of drug-likeness (QED) is 0.789.